The number of ether oxygens (including phenoxy) is 2. The van der Waals surface area contributed by atoms with Crippen LogP contribution in [0.25, 0.3) is 0 Å². The van der Waals surface area contributed by atoms with Gasteiger partial charge in [0.1, 0.15) is 17.2 Å². The summed E-state index contributed by atoms with van der Waals surface area (Å²) in [5.74, 6) is -2.51. The van der Waals surface area contributed by atoms with Gasteiger partial charge in [-0.1, -0.05) is 0 Å². The summed E-state index contributed by atoms with van der Waals surface area (Å²) < 4.78 is 10.6. The van der Waals surface area contributed by atoms with E-state index in [4.69, 9.17) is 9.47 Å². The summed E-state index contributed by atoms with van der Waals surface area (Å²) in [5, 5.41) is 58.1. The molecular formula is C18H14O8. The maximum atomic E-state index is 10.1. The number of aromatic hydroxyl groups is 6. The van der Waals surface area contributed by atoms with E-state index < -0.39 is 17.2 Å². The lowest BCUT2D eigenvalue weighted by Crippen LogP contribution is -1.89. The summed E-state index contributed by atoms with van der Waals surface area (Å²) in [6.07, 6.45) is 0. The molecule has 0 fully saturated rings. The third kappa shape index (κ3) is 3.44. The van der Waals surface area contributed by atoms with Crippen molar-refractivity contribution in [3.63, 3.8) is 0 Å². The minimum atomic E-state index is -0.495. The number of hydrogen-bond donors (Lipinski definition) is 6. The summed E-state index contributed by atoms with van der Waals surface area (Å²) in [6, 6.07) is 9.46. The highest BCUT2D eigenvalue weighted by Gasteiger charge is 2.16. The van der Waals surface area contributed by atoms with Gasteiger partial charge in [-0.05, 0) is 24.3 Å². The molecule has 3 rings (SSSR count). The van der Waals surface area contributed by atoms with E-state index in [9.17, 15) is 30.6 Å². The average molecular weight is 358 g/mol. The lowest BCUT2D eigenvalue weighted by atomic mass is 10.2. The molecule has 0 bridgehead atoms. The average Bonchev–Trinajstić information content (AvgIpc) is 2.55. The Morgan fingerprint density at radius 3 is 1.42 bits per heavy atom. The van der Waals surface area contributed by atoms with Crippen LogP contribution in [0, 0.1) is 0 Å². The van der Waals surface area contributed by atoms with Crippen molar-refractivity contribution in [1.29, 1.82) is 0 Å². The van der Waals surface area contributed by atoms with Gasteiger partial charge >= 0.3 is 0 Å². The SMILES string of the molecule is Oc1ccc(Oc2cc(O)c(Oc3ccc(O)cc3O)c(O)c2)c(O)c1. The Kier molecular flexibility index (Phi) is 4.24. The van der Waals surface area contributed by atoms with E-state index in [1.165, 1.54) is 24.3 Å². The Labute approximate surface area is 147 Å². The van der Waals surface area contributed by atoms with Crippen molar-refractivity contribution < 1.29 is 40.1 Å². The molecule has 8 nitrogen and oxygen atoms in total. The van der Waals surface area contributed by atoms with E-state index in [-0.39, 0.29) is 40.2 Å². The van der Waals surface area contributed by atoms with Gasteiger partial charge in [-0.3, -0.25) is 0 Å². The molecule has 0 spiro atoms. The number of hydrogen-bond acceptors (Lipinski definition) is 8. The van der Waals surface area contributed by atoms with Crippen LogP contribution in [0.4, 0.5) is 0 Å². The monoisotopic (exact) mass is 358 g/mol. The highest BCUT2D eigenvalue weighted by atomic mass is 16.5. The molecule has 0 unspecified atom stereocenters. The van der Waals surface area contributed by atoms with Crippen LogP contribution in [0.3, 0.4) is 0 Å². The van der Waals surface area contributed by atoms with Crippen molar-refractivity contribution in [2.24, 2.45) is 0 Å². The molecule has 0 aliphatic rings. The van der Waals surface area contributed by atoms with Crippen molar-refractivity contribution in [1.82, 2.24) is 0 Å². The molecule has 0 atom stereocenters. The number of phenolic OH excluding ortho intramolecular Hbond substituents is 6. The van der Waals surface area contributed by atoms with Gasteiger partial charge in [-0.15, -0.1) is 0 Å². The first-order valence-corrected chi connectivity index (χ1v) is 7.29. The number of benzene rings is 3. The Morgan fingerprint density at radius 1 is 0.500 bits per heavy atom. The zero-order valence-electron chi connectivity index (χ0n) is 13.1. The fraction of sp³-hybridized carbons (Fsp3) is 0. The molecule has 6 N–H and O–H groups in total. The molecule has 3 aromatic rings. The first-order chi connectivity index (χ1) is 12.3. The smallest absolute Gasteiger partial charge is 0.211 e. The first kappa shape index (κ1) is 16.9. The van der Waals surface area contributed by atoms with Gasteiger partial charge in [-0.25, -0.2) is 0 Å². The molecule has 0 heterocycles. The van der Waals surface area contributed by atoms with Gasteiger partial charge in [0.25, 0.3) is 0 Å². The Bertz CT molecular complexity index is 944. The molecule has 0 radical (unpaired) electrons. The van der Waals surface area contributed by atoms with Crippen LogP contribution >= 0.6 is 0 Å². The molecule has 0 saturated carbocycles. The van der Waals surface area contributed by atoms with E-state index in [2.05, 4.69) is 0 Å². The lowest BCUT2D eigenvalue weighted by molar-refractivity contribution is 0.353. The Morgan fingerprint density at radius 2 is 0.962 bits per heavy atom. The van der Waals surface area contributed by atoms with Crippen molar-refractivity contribution in [2.45, 2.75) is 0 Å². The van der Waals surface area contributed by atoms with Crippen LogP contribution in [0.1, 0.15) is 0 Å². The van der Waals surface area contributed by atoms with Crippen molar-refractivity contribution >= 4 is 0 Å². The fourth-order valence-electron chi connectivity index (χ4n) is 2.16. The standard InChI is InChI=1S/C18H14O8/c19-9-1-3-16(12(21)5-9)25-11-7-14(23)18(15(24)8-11)26-17-4-2-10(20)6-13(17)22/h1-8,19-24H. The second-order valence-electron chi connectivity index (χ2n) is 5.30. The molecule has 0 aliphatic heterocycles. The van der Waals surface area contributed by atoms with E-state index in [0.717, 1.165) is 24.3 Å². The van der Waals surface area contributed by atoms with Crippen molar-refractivity contribution in [2.75, 3.05) is 0 Å². The highest BCUT2D eigenvalue weighted by Crippen LogP contribution is 2.45. The van der Waals surface area contributed by atoms with E-state index in [1.54, 1.807) is 0 Å². The van der Waals surface area contributed by atoms with E-state index in [1.807, 2.05) is 0 Å². The second-order valence-corrected chi connectivity index (χ2v) is 5.30. The molecule has 0 aliphatic carbocycles. The fourth-order valence-corrected chi connectivity index (χ4v) is 2.16. The zero-order chi connectivity index (χ0) is 18.8. The second kappa shape index (κ2) is 6.52. The molecule has 0 amide bonds. The van der Waals surface area contributed by atoms with Gasteiger partial charge in [0.05, 0.1) is 0 Å². The third-order valence-corrected chi connectivity index (χ3v) is 3.35. The van der Waals surface area contributed by atoms with Crippen LogP contribution in [0.5, 0.6) is 57.5 Å². The minimum absolute atomic E-state index is 0.00792. The van der Waals surface area contributed by atoms with Crippen LogP contribution in [0.15, 0.2) is 48.5 Å². The summed E-state index contributed by atoms with van der Waals surface area (Å²) in [7, 11) is 0. The van der Waals surface area contributed by atoms with Crippen molar-refractivity contribution in [3.8, 4) is 57.5 Å². The maximum absolute atomic E-state index is 10.1. The molecule has 0 aromatic heterocycles. The molecule has 0 saturated heterocycles. The van der Waals surface area contributed by atoms with Gasteiger partial charge in [0.15, 0.2) is 34.5 Å². The van der Waals surface area contributed by atoms with Gasteiger partial charge in [-0.2, -0.15) is 0 Å². The highest BCUT2D eigenvalue weighted by molar-refractivity contribution is 5.58. The third-order valence-electron chi connectivity index (χ3n) is 3.35. The summed E-state index contributed by atoms with van der Waals surface area (Å²) in [4.78, 5) is 0. The van der Waals surface area contributed by atoms with Crippen LogP contribution < -0.4 is 9.47 Å². The topological polar surface area (TPSA) is 140 Å². The lowest BCUT2D eigenvalue weighted by Gasteiger charge is -2.13. The van der Waals surface area contributed by atoms with Gasteiger partial charge < -0.3 is 40.1 Å². The first-order valence-electron chi connectivity index (χ1n) is 7.29. The largest absolute Gasteiger partial charge is 0.508 e. The minimum Gasteiger partial charge on any atom is -0.508 e. The van der Waals surface area contributed by atoms with Gasteiger partial charge in [0, 0.05) is 24.3 Å². The van der Waals surface area contributed by atoms with Crippen LogP contribution in [0.2, 0.25) is 0 Å². The molecular weight excluding hydrogens is 344 g/mol. The number of rotatable bonds is 4. The van der Waals surface area contributed by atoms with Crippen LogP contribution in [-0.2, 0) is 0 Å². The number of phenols is 6. The zero-order valence-corrected chi connectivity index (χ0v) is 13.1. The van der Waals surface area contributed by atoms with E-state index >= 15 is 0 Å². The predicted molar refractivity (Wildman–Crippen MR) is 89.5 cm³/mol. The molecule has 26 heavy (non-hydrogen) atoms. The van der Waals surface area contributed by atoms with Gasteiger partial charge in [0.2, 0.25) is 5.75 Å². The normalized spacial score (nSPS) is 10.5. The molecule has 3 aromatic carbocycles. The molecule has 8 heteroatoms. The summed E-state index contributed by atoms with van der Waals surface area (Å²) in [5.41, 5.74) is 0. The summed E-state index contributed by atoms with van der Waals surface area (Å²) in [6.45, 7) is 0. The summed E-state index contributed by atoms with van der Waals surface area (Å²) >= 11 is 0. The van der Waals surface area contributed by atoms with Crippen molar-refractivity contribution in [3.05, 3.63) is 48.5 Å². The van der Waals surface area contributed by atoms with Crippen LogP contribution in [-0.4, -0.2) is 30.6 Å². The Balaban J connectivity index is 1.88. The Hall–Kier alpha value is -3.94. The molecule has 134 valence electrons. The predicted octanol–water partition coefficient (Wildman–Crippen LogP) is 3.50. The van der Waals surface area contributed by atoms with E-state index in [0.29, 0.717) is 0 Å². The quantitative estimate of drug-likeness (QED) is 0.416. The maximum Gasteiger partial charge on any atom is 0.211 e.